The Bertz CT molecular complexity index is 884. The molecule has 1 aliphatic heterocycles. The Hall–Kier alpha value is -2.40. The van der Waals surface area contributed by atoms with E-state index in [0.29, 0.717) is 11.4 Å². The molecule has 1 saturated heterocycles. The van der Waals surface area contributed by atoms with E-state index in [2.05, 4.69) is 5.32 Å². The molecule has 1 unspecified atom stereocenters. The molecule has 1 heterocycles. The molecular weight excluding hydrogens is 367 g/mol. The van der Waals surface area contributed by atoms with Gasteiger partial charge in [0.05, 0.1) is 11.6 Å². The minimum Gasteiger partial charge on any atom is -0.325 e. The van der Waals surface area contributed by atoms with Crippen molar-refractivity contribution in [3.8, 4) is 0 Å². The fourth-order valence-corrected chi connectivity index (χ4v) is 3.77. The fraction of sp³-hybridized carbons (Fsp3) is 0.333. The lowest BCUT2D eigenvalue weighted by molar-refractivity contribution is -0.122. The van der Waals surface area contributed by atoms with Gasteiger partial charge in [-0.3, -0.25) is 9.59 Å². The predicted molar refractivity (Wildman–Crippen MR) is 106 cm³/mol. The summed E-state index contributed by atoms with van der Waals surface area (Å²) in [6.45, 7) is 4.15. The Labute approximate surface area is 163 Å². The van der Waals surface area contributed by atoms with Crippen molar-refractivity contribution in [2.75, 3.05) is 16.8 Å². The smallest absolute Gasteiger partial charge is 0.229 e. The zero-order chi connectivity index (χ0) is 19.6. The van der Waals surface area contributed by atoms with Gasteiger partial charge in [0.25, 0.3) is 0 Å². The van der Waals surface area contributed by atoms with Crippen molar-refractivity contribution in [2.45, 2.75) is 33.1 Å². The van der Waals surface area contributed by atoms with Crippen molar-refractivity contribution in [1.82, 2.24) is 0 Å². The molecule has 2 amide bonds. The van der Waals surface area contributed by atoms with Gasteiger partial charge in [-0.1, -0.05) is 43.6 Å². The number of hydrogen-bond donors (Lipinski definition) is 1. The van der Waals surface area contributed by atoms with Crippen LogP contribution < -0.4 is 10.2 Å². The van der Waals surface area contributed by atoms with Crippen molar-refractivity contribution >= 4 is 34.8 Å². The van der Waals surface area contributed by atoms with Gasteiger partial charge in [0.1, 0.15) is 5.82 Å². The van der Waals surface area contributed by atoms with Crippen LogP contribution >= 0.6 is 11.6 Å². The Morgan fingerprint density at radius 3 is 2.63 bits per heavy atom. The number of amides is 2. The van der Waals surface area contributed by atoms with Crippen LogP contribution in [0.15, 0.2) is 36.4 Å². The summed E-state index contributed by atoms with van der Waals surface area (Å²) in [6.07, 6.45) is 1.50. The average molecular weight is 389 g/mol. The van der Waals surface area contributed by atoms with E-state index in [4.69, 9.17) is 11.6 Å². The molecule has 3 rings (SSSR count). The maximum absolute atomic E-state index is 14.0. The zero-order valence-electron chi connectivity index (χ0n) is 15.4. The number of aryl methyl sites for hydroxylation is 1. The van der Waals surface area contributed by atoms with Gasteiger partial charge in [-0.15, -0.1) is 0 Å². The van der Waals surface area contributed by atoms with Crippen LogP contribution in [-0.4, -0.2) is 18.4 Å². The van der Waals surface area contributed by atoms with E-state index in [1.54, 1.807) is 18.2 Å². The largest absolute Gasteiger partial charge is 0.325 e. The van der Waals surface area contributed by atoms with Gasteiger partial charge in [-0.25, -0.2) is 4.39 Å². The Morgan fingerprint density at radius 1 is 1.22 bits per heavy atom. The number of nitrogens with zero attached hydrogens (tertiary/aromatic N) is 1. The van der Waals surface area contributed by atoms with E-state index in [-0.39, 0.29) is 30.5 Å². The number of hydrogen-bond acceptors (Lipinski definition) is 2. The van der Waals surface area contributed by atoms with E-state index < -0.39 is 11.7 Å². The number of benzene rings is 2. The molecule has 1 N–H and O–H groups in total. The average Bonchev–Trinajstić information content (AvgIpc) is 3.04. The van der Waals surface area contributed by atoms with Crippen molar-refractivity contribution in [2.24, 2.45) is 5.92 Å². The van der Waals surface area contributed by atoms with Crippen LogP contribution in [0.2, 0.25) is 5.02 Å². The molecule has 142 valence electrons. The van der Waals surface area contributed by atoms with Crippen LogP contribution in [0, 0.1) is 11.7 Å². The first-order valence-corrected chi connectivity index (χ1v) is 9.50. The maximum Gasteiger partial charge on any atom is 0.229 e. The topological polar surface area (TPSA) is 49.4 Å². The summed E-state index contributed by atoms with van der Waals surface area (Å²) >= 11 is 6.29. The second-order valence-corrected chi connectivity index (χ2v) is 7.02. The molecule has 1 fully saturated rings. The first-order chi connectivity index (χ1) is 13.0. The second-order valence-electron chi connectivity index (χ2n) is 6.61. The highest BCUT2D eigenvalue weighted by Gasteiger charge is 2.36. The van der Waals surface area contributed by atoms with Crippen molar-refractivity contribution in [3.05, 3.63) is 58.4 Å². The van der Waals surface area contributed by atoms with Gasteiger partial charge < -0.3 is 10.2 Å². The highest BCUT2D eigenvalue weighted by Crippen LogP contribution is 2.32. The van der Waals surface area contributed by atoms with E-state index in [0.717, 1.165) is 23.2 Å². The maximum atomic E-state index is 14.0. The lowest BCUT2D eigenvalue weighted by Crippen LogP contribution is -2.29. The van der Waals surface area contributed by atoms with Crippen LogP contribution in [0.1, 0.15) is 31.4 Å². The van der Waals surface area contributed by atoms with Gasteiger partial charge in [-0.05, 0) is 42.2 Å². The van der Waals surface area contributed by atoms with E-state index >= 15 is 0 Å². The summed E-state index contributed by atoms with van der Waals surface area (Å²) < 4.78 is 14.0. The van der Waals surface area contributed by atoms with Crippen LogP contribution in [0.3, 0.4) is 0 Å². The molecular formula is C21H22ClFN2O2. The summed E-state index contributed by atoms with van der Waals surface area (Å²) in [5, 5.41) is 3.59. The highest BCUT2D eigenvalue weighted by atomic mass is 35.5. The number of anilines is 2. The molecule has 0 aromatic heterocycles. The van der Waals surface area contributed by atoms with Gasteiger partial charge in [-0.2, -0.15) is 0 Å². The van der Waals surface area contributed by atoms with Gasteiger partial charge in [0.15, 0.2) is 0 Å². The van der Waals surface area contributed by atoms with Gasteiger partial charge in [0, 0.05) is 23.7 Å². The predicted octanol–water partition coefficient (Wildman–Crippen LogP) is 4.60. The Balaban J connectivity index is 1.82. The third-order valence-corrected chi connectivity index (χ3v) is 5.32. The molecule has 1 atom stereocenters. The number of nitrogens with one attached hydrogen (secondary N) is 1. The standard InChI is InChI=1S/C21H22ClFN2O2/c1-3-13-9-10-16(22)15(4-2)20(13)24-21(27)14-11-19(26)25(12-14)18-8-6-5-7-17(18)23/h5-10,14H,3-4,11-12H2,1-2H3,(H,24,27). The van der Waals surface area contributed by atoms with Gasteiger partial charge in [0.2, 0.25) is 11.8 Å². The van der Waals surface area contributed by atoms with Gasteiger partial charge >= 0.3 is 0 Å². The first kappa shape index (κ1) is 19.4. The molecule has 0 saturated carbocycles. The monoisotopic (exact) mass is 388 g/mol. The van der Waals surface area contributed by atoms with E-state index in [1.807, 2.05) is 26.0 Å². The zero-order valence-corrected chi connectivity index (χ0v) is 16.1. The molecule has 27 heavy (non-hydrogen) atoms. The molecule has 2 aromatic carbocycles. The third-order valence-electron chi connectivity index (χ3n) is 4.96. The van der Waals surface area contributed by atoms with Crippen molar-refractivity contribution in [1.29, 1.82) is 0 Å². The number of halogens is 2. The molecule has 0 bridgehead atoms. The number of carbonyl (C=O) groups excluding carboxylic acids is 2. The molecule has 6 heteroatoms. The molecule has 1 aliphatic rings. The normalized spacial score (nSPS) is 16.7. The Kier molecular flexibility index (Phi) is 5.80. The molecule has 0 aliphatic carbocycles. The van der Waals surface area contributed by atoms with Crippen molar-refractivity contribution in [3.63, 3.8) is 0 Å². The summed E-state index contributed by atoms with van der Waals surface area (Å²) in [7, 11) is 0. The van der Waals surface area contributed by atoms with Crippen LogP contribution in [0.4, 0.5) is 15.8 Å². The summed E-state index contributed by atoms with van der Waals surface area (Å²) in [4.78, 5) is 26.5. The number of carbonyl (C=O) groups is 2. The SMILES string of the molecule is CCc1ccc(Cl)c(CC)c1NC(=O)C1CC(=O)N(c2ccccc2F)C1. The number of rotatable bonds is 5. The molecule has 0 radical (unpaired) electrons. The summed E-state index contributed by atoms with van der Waals surface area (Å²) in [5.74, 6) is -1.50. The first-order valence-electron chi connectivity index (χ1n) is 9.12. The summed E-state index contributed by atoms with van der Waals surface area (Å²) in [5.41, 5.74) is 2.83. The fourth-order valence-electron chi connectivity index (χ4n) is 3.48. The highest BCUT2D eigenvalue weighted by molar-refractivity contribution is 6.32. The second kappa shape index (κ2) is 8.09. The molecule has 4 nitrogen and oxygen atoms in total. The Morgan fingerprint density at radius 2 is 1.96 bits per heavy atom. The summed E-state index contributed by atoms with van der Waals surface area (Å²) in [6, 6.07) is 9.85. The van der Waals surface area contributed by atoms with E-state index in [9.17, 15) is 14.0 Å². The minimum atomic E-state index is -0.537. The molecule has 0 spiro atoms. The van der Waals surface area contributed by atoms with E-state index in [1.165, 1.54) is 11.0 Å². The van der Waals surface area contributed by atoms with Crippen LogP contribution in [-0.2, 0) is 22.4 Å². The lowest BCUT2D eigenvalue weighted by atomic mass is 10.0. The minimum absolute atomic E-state index is 0.0592. The van der Waals surface area contributed by atoms with Crippen molar-refractivity contribution < 1.29 is 14.0 Å². The van der Waals surface area contributed by atoms with Crippen LogP contribution in [0.25, 0.3) is 0 Å². The quantitative estimate of drug-likeness (QED) is 0.814. The number of para-hydroxylation sites is 1. The third kappa shape index (κ3) is 3.83. The lowest BCUT2D eigenvalue weighted by Gasteiger charge is -2.19. The van der Waals surface area contributed by atoms with Crippen LogP contribution in [0.5, 0.6) is 0 Å². The molecule has 2 aromatic rings.